The Balaban J connectivity index is 2.51. The van der Waals surface area contributed by atoms with Crippen LogP contribution < -0.4 is 5.32 Å². The molecule has 2 atom stereocenters. The maximum absolute atomic E-state index is 11.4. The maximum atomic E-state index is 11.4. The zero-order valence-corrected chi connectivity index (χ0v) is 10.1. The molecule has 0 aliphatic rings. The van der Waals surface area contributed by atoms with E-state index < -0.39 is 0 Å². The van der Waals surface area contributed by atoms with E-state index in [2.05, 4.69) is 5.32 Å². The van der Waals surface area contributed by atoms with Gasteiger partial charge in [-0.15, -0.1) is 0 Å². The third-order valence-corrected chi connectivity index (χ3v) is 2.44. The van der Waals surface area contributed by atoms with Gasteiger partial charge in [0.25, 0.3) is 0 Å². The van der Waals surface area contributed by atoms with Crippen LogP contribution in [0.15, 0.2) is 30.3 Å². The highest BCUT2D eigenvalue weighted by molar-refractivity contribution is 5.75. The van der Waals surface area contributed by atoms with E-state index in [4.69, 9.17) is 4.74 Å². The molecule has 1 aromatic carbocycles. The molecule has 0 spiro atoms. The van der Waals surface area contributed by atoms with Gasteiger partial charge >= 0.3 is 5.97 Å². The molecule has 0 radical (unpaired) electrons. The van der Waals surface area contributed by atoms with Crippen LogP contribution in [-0.2, 0) is 9.53 Å². The fourth-order valence-electron chi connectivity index (χ4n) is 1.55. The minimum absolute atomic E-state index is 0.139. The van der Waals surface area contributed by atoms with Crippen molar-refractivity contribution in [2.24, 2.45) is 0 Å². The number of carbonyl (C=O) groups excluding carboxylic acids is 1. The van der Waals surface area contributed by atoms with E-state index in [0.717, 1.165) is 0 Å². The van der Waals surface area contributed by atoms with Gasteiger partial charge in [0.05, 0.1) is 6.61 Å². The Morgan fingerprint density at radius 2 is 1.94 bits per heavy atom. The molecule has 0 aromatic heterocycles. The molecule has 3 heteroatoms. The van der Waals surface area contributed by atoms with E-state index in [-0.39, 0.29) is 18.1 Å². The van der Waals surface area contributed by atoms with E-state index in [1.165, 1.54) is 5.56 Å². The fraction of sp³-hybridized carbons (Fsp3) is 0.462. The van der Waals surface area contributed by atoms with Crippen LogP contribution in [0.5, 0.6) is 0 Å². The smallest absolute Gasteiger partial charge is 0.322 e. The third kappa shape index (κ3) is 3.66. The van der Waals surface area contributed by atoms with E-state index in [1.807, 2.05) is 51.1 Å². The van der Waals surface area contributed by atoms with Gasteiger partial charge in [0, 0.05) is 6.04 Å². The van der Waals surface area contributed by atoms with Crippen molar-refractivity contribution in [3.8, 4) is 0 Å². The van der Waals surface area contributed by atoms with Crippen molar-refractivity contribution < 1.29 is 9.53 Å². The minimum Gasteiger partial charge on any atom is -0.465 e. The second-order valence-corrected chi connectivity index (χ2v) is 3.77. The van der Waals surface area contributed by atoms with Crippen LogP contribution in [0, 0.1) is 0 Å². The summed E-state index contributed by atoms with van der Waals surface area (Å²) in [7, 11) is 0. The van der Waals surface area contributed by atoms with Crippen molar-refractivity contribution in [2.75, 3.05) is 6.61 Å². The summed E-state index contributed by atoms with van der Waals surface area (Å²) in [4.78, 5) is 11.4. The molecule has 0 fully saturated rings. The third-order valence-electron chi connectivity index (χ3n) is 2.44. The summed E-state index contributed by atoms with van der Waals surface area (Å²) in [6, 6.07) is 9.89. The van der Waals surface area contributed by atoms with Crippen LogP contribution in [0.1, 0.15) is 32.4 Å². The fourth-order valence-corrected chi connectivity index (χ4v) is 1.55. The van der Waals surface area contributed by atoms with Gasteiger partial charge in [0.15, 0.2) is 0 Å². The maximum Gasteiger partial charge on any atom is 0.322 e. The normalized spacial score (nSPS) is 14.2. The van der Waals surface area contributed by atoms with Crippen LogP contribution in [0.25, 0.3) is 0 Å². The largest absolute Gasteiger partial charge is 0.465 e. The van der Waals surface area contributed by atoms with Gasteiger partial charge < -0.3 is 4.74 Å². The number of esters is 1. The van der Waals surface area contributed by atoms with Crippen molar-refractivity contribution in [1.82, 2.24) is 5.32 Å². The highest BCUT2D eigenvalue weighted by Gasteiger charge is 2.16. The monoisotopic (exact) mass is 221 g/mol. The molecule has 16 heavy (non-hydrogen) atoms. The number of carbonyl (C=O) groups is 1. The molecule has 1 rings (SSSR count). The molecule has 1 aromatic rings. The standard InChI is InChI=1S/C13H19NO2/c1-4-16-13(15)11(3)14-10(2)12-8-6-5-7-9-12/h5-11,14H,4H2,1-3H3/t10-,11?/m1/s1. The van der Waals surface area contributed by atoms with Crippen molar-refractivity contribution in [1.29, 1.82) is 0 Å². The Kier molecular flexibility index (Phi) is 4.99. The van der Waals surface area contributed by atoms with E-state index >= 15 is 0 Å². The van der Waals surface area contributed by atoms with Crippen LogP contribution in [0.2, 0.25) is 0 Å². The summed E-state index contributed by atoms with van der Waals surface area (Å²) in [5.74, 6) is -0.203. The molecule has 1 N–H and O–H groups in total. The first-order chi connectivity index (χ1) is 7.65. The van der Waals surface area contributed by atoms with Crippen molar-refractivity contribution >= 4 is 5.97 Å². The molecule has 1 unspecified atom stereocenters. The zero-order valence-electron chi connectivity index (χ0n) is 10.1. The summed E-state index contributed by atoms with van der Waals surface area (Å²) < 4.78 is 4.94. The number of nitrogens with one attached hydrogen (secondary N) is 1. The number of hydrogen-bond acceptors (Lipinski definition) is 3. The molecule has 0 aliphatic heterocycles. The van der Waals surface area contributed by atoms with Gasteiger partial charge in [-0.3, -0.25) is 10.1 Å². The highest BCUT2D eigenvalue weighted by atomic mass is 16.5. The average Bonchev–Trinajstić information content (AvgIpc) is 2.30. The van der Waals surface area contributed by atoms with Gasteiger partial charge in [-0.2, -0.15) is 0 Å². The first-order valence-corrected chi connectivity index (χ1v) is 5.62. The molecule has 3 nitrogen and oxygen atoms in total. The lowest BCUT2D eigenvalue weighted by Crippen LogP contribution is -2.37. The van der Waals surface area contributed by atoms with Crippen LogP contribution in [-0.4, -0.2) is 18.6 Å². The first kappa shape index (κ1) is 12.7. The van der Waals surface area contributed by atoms with Crippen molar-refractivity contribution in [3.63, 3.8) is 0 Å². The molecule has 88 valence electrons. The summed E-state index contributed by atoms with van der Waals surface area (Å²) in [5.41, 5.74) is 1.17. The molecule has 0 heterocycles. The van der Waals surface area contributed by atoms with Crippen molar-refractivity contribution in [3.05, 3.63) is 35.9 Å². The Bertz CT molecular complexity index is 324. The van der Waals surface area contributed by atoms with Gasteiger partial charge in [0.1, 0.15) is 6.04 Å². The Hall–Kier alpha value is -1.35. The zero-order chi connectivity index (χ0) is 12.0. The van der Waals surface area contributed by atoms with Crippen LogP contribution >= 0.6 is 0 Å². The Morgan fingerprint density at radius 1 is 1.31 bits per heavy atom. The van der Waals surface area contributed by atoms with Crippen LogP contribution in [0.3, 0.4) is 0 Å². The van der Waals surface area contributed by atoms with Crippen molar-refractivity contribution in [2.45, 2.75) is 32.9 Å². The summed E-state index contributed by atoms with van der Waals surface area (Å²) in [6.07, 6.45) is 0. The SMILES string of the molecule is CCOC(=O)C(C)N[C@H](C)c1ccccc1. The summed E-state index contributed by atoms with van der Waals surface area (Å²) in [6.45, 7) is 6.08. The van der Waals surface area contributed by atoms with Crippen LogP contribution in [0.4, 0.5) is 0 Å². The van der Waals surface area contributed by atoms with Gasteiger partial charge in [-0.05, 0) is 26.3 Å². The molecule has 0 bridgehead atoms. The lowest BCUT2D eigenvalue weighted by Gasteiger charge is -2.19. The predicted molar refractivity (Wildman–Crippen MR) is 64.1 cm³/mol. The first-order valence-electron chi connectivity index (χ1n) is 5.62. The Morgan fingerprint density at radius 3 is 2.50 bits per heavy atom. The van der Waals surface area contributed by atoms with Gasteiger partial charge in [-0.1, -0.05) is 30.3 Å². The van der Waals surface area contributed by atoms with E-state index in [9.17, 15) is 4.79 Å². The summed E-state index contributed by atoms with van der Waals surface area (Å²) >= 11 is 0. The molecular formula is C13H19NO2. The quantitative estimate of drug-likeness (QED) is 0.775. The molecule has 0 aliphatic carbocycles. The predicted octanol–water partition coefficient (Wildman–Crippen LogP) is 2.29. The number of rotatable bonds is 5. The lowest BCUT2D eigenvalue weighted by atomic mass is 10.1. The highest BCUT2D eigenvalue weighted by Crippen LogP contribution is 2.12. The number of hydrogen-bond donors (Lipinski definition) is 1. The average molecular weight is 221 g/mol. The Labute approximate surface area is 96.8 Å². The second-order valence-electron chi connectivity index (χ2n) is 3.77. The van der Waals surface area contributed by atoms with E-state index in [1.54, 1.807) is 0 Å². The van der Waals surface area contributed by atoms with Gasteiger partial charge in [-0.25, -0.2) is 0 Å². The molecule has 0 amide bonds. The molecule has 0 saturated heterocycles. The van der Waals surface area contributed by atoms with E-state index in [0.29, 0.717) is 6.61 Å². The molecule has 0 saturated carbocycles. The topological polar surface area (TPSA) is 38.3 Å². The number of benzene rings is 1. The lowest BCUT2D eigenvalue weighted by molar-refractivity contribution is -0.145. The minimum atomic E-state index is -0.282. The molecular weight excluding hydrogens is 202 g/mol. The second kappa shape index (κ2) is 6.28. The number of ether oxygens (including phenoxy) is 1. The van der Waals surface area contributed by atoms with Gasteiger partial charge in [0.2, 0.25) is 0 Å². The summed E-state index contributed by atoms with van der Waals surface area (Å²) in [5, 5.41) is 3.21.